The van der Waals surface area contributed by atoms with Crippen LogP contribution >= 0.6 is 0 Å². The summed E-state index contributed by atoms with van der Waals surface area (Å²) >= 11 is 0. The van der Waals surface area contributed by atoms with Gasteiger partial charge in [0.1, 0.15) is 5.78 Å². The van der Waals surface area contributed by atoms with Crippen LogP contribution in [0, 0.1) is 16.7 Å². The second-order valence-corrected chi connectivity index (χ2v) is 6.59. The summed E-state index contributed by atoms with van der Waals surface area (Å²) in [5, 5.41) is 8.38. The standard InChI is InChI=1S/C10H16O.C7H6O2/c1-9(2)7-4-5-10(9,3)8(11)6-7;8-7(9)6-4-2-1-3-5-6/h7H,4-6H2,1-3H3;1-5H,(H,8,9). The van der Waals surface area contributed by atoms with Gasteiger partial charge in [-0.25, -0.2) is 4.79 Å². The first-order valence-corrected chi connectivity index (χ1v) is 7.10. The van der Waals surface area contributed by atoms with Gasteiger partial charge in [-0.15, -0.1) is 0 Å². The predicted octanol–water partition coefficient (Wildman–Crippen LogP) is 3.79. The Morgan fingerprint density at radius 3 is 2.05 bits per heavy atom. The van der Waals surface area contributed by atoms with Crippen molar-refractivity contribution in [3.63, 3.8) is 0 Å². The lowest BCUT2D eigenvalue weighted by atomic mass is 9.70. The van der Waals surface area contributed by atoms with Gasteiger partial charge in [0.05, 0.1) is 5.56 Å². The maximum Gasteiger partial charge on any atom is 0.335 e. The third kappa shape index (κ3) is 2.26. The summed E-state index contributed by atoms with van der Waals surface area (Å²) in [7, 11) is 0. The highest BCUT2D eigenvalue weighted by Gasteiger charge is 2.61. The number of ketones is 1. The van der Waals surface area contributed by atoms with Crippen molar-refractivity contribution in [3.8, 4) is 0 Å². The SMILES string of the molecule is CC12CCC(CC1=O)C2(C)C.O=C(O)c1ccccc1. The fourth-order valence-electron chi connectivity index (χ4n) is 3.48. The molecule has 0 aliphatic heterocycles. The van der Waals surface area contributed by atoms with Crippen molar-refractivity contribution < 1.29 is 14.7 Å². The second-order valence-electron chi connectivity index (χ2n) is 6.59. The minimum absolute atomic E-state index is 0.0255. The highest BCUT2D eigenvalue weighted by atomic mass is 16.4. The minimum atomic E-state index is -0.879. The second kappa shape index (κ2) is 5.04. The van der Waals surface area contributed by atoms with Crippen molar-refractivity contribution in [1.29, 1.82) is 0 Å². The lowest BCUT2D eigenvalue weighted by Gasteiger charge is -2.32. The molecule has 1 aromatic carbocycles. The molecule has 0 radical (unpaired) electrons. The number of fused-ring (bicyclic) bond motifs is 2. The number of hydrogen-bond acceptors (Lipinski definition) is 2. The monoisotopic (exact) mass is 274 g/mol. The van der Waals surface area contributed by atoms with E-state index in [0.717, 1.165) is 12.8 Å². The van der Waals surface area contributed by atoms with Gasteiger partial charge in [-0.3, -0.25) is 4.79 Å². The molecule has 0 saturated heterocycles. The Balaban J connectivity index is 0.000000151. The summed E-state index contributed by atoms with van der Waals surface area (Å²) in [4.78, 5) is 21.8. The average molecular weight is 274 g/mol. The normalized spacial score (nSPS) is 29.8. The molecule has 2 bridgehead atoms. The van der Waals surface area contributed by atoms with Crippen LogP contribution < -0.4 is 0 Å². The van der Waals surface area contributed by atoms with Gasteiger partial charge in [-0.2, -0.15) is 0 Å². The van der Waals surface area contributed by atoms with Gasteiger partial charge in [-0.1, -0.05) is 39.0 Å². The van der Waals surface area contributed by atoms with Crippen LogP contribution in [0.1, 0.15) is 50.4 Å². The van der Waals surface area contributed by atoms with Crippen molar-refractivity contribution in [2.24, 2.45) is 16.7 Å². The van der Waals surface area contributed by atoms with Crippen molar-refractivity contribution >= 4 is 11.8 Å². The number of carboxylic acid groups (broad SMARTS) is 1. The molecule has 0 aromatic heterocycles. The molecule has 0 heterocycles. The van der Waals surface area contributed by atoms with Crippen molar-refractivity contribution in [3.05, 3.63) is 35.9 Å². The van der Waals surface area contributed by atoms with Crippen LogP contribution in [0.5, 0.6) is 0 Å². The summed E-state index contributed by atoms with van der Waals surface area (Å²) in [6.07, 6.45) is 3.25. The Morgan fingerprint density at radius 1 is 1.20 bits per heavy atom. The van der Waals surface area contributed by atoms with E-state index in [1.165, 1.54) is 6.42 Å². The zero-order valence-corrected chi connectivity index (χ0v) is 12.3. The zero-order valence-electron chi connectivity index (χ0n) is 12.3. The van der Waals surface area contributed by atoms with Gasteiger partial charge in [0.25, 0.3) is 0 Å². The van der Waals surface area contributed by atoms with E-state index in [2.05, 4.69) is 20.8 Å². The summed E-state index contributed by atoms with van der Waals surface area (Å²) in [6, 6.07) is 8.30. The topological polar surface area (TPSA) is 54.4 Å². The summed E-state index contributed by atoms with van der Waals surface area (Å²) < 4.78 is 0. The van der Waals surface area contributed by atoms with E-state index in [-0.39, 0.29) is 10.8 Å². The Labute approximate surface area is 120 Å². The Kier molecular flexibility index (Phi) is 3.72. The minimum Gasteiger partial charge on any atom is -0.478 e. The van der Waals surface area contributed by atoms with E-state index in [1.807, 2.05) is 0 Å². The lowest BCUT2D eigenvalue weighted by Crippen LogP contribution is -2.32. The van der Waals surface area contributed by atoms with Crippen molar-refractivity contribution in [2.75, 3.05) is 0 Å². The molecule has 2 aliphatic carbocycles. The van der Waals surface area contributed by atoms with Gasteiger partial charge in [0.2, 0.25) is 0 Å². The highest BCUT2D eigenvalue weighted by Crippen LogP contribution is 2.63. The van der Waals surface area contributed by atoms with E-state index in [4.69, 9.17) is 5.11 Å². The van der Waals surface area contributed by atoms with E-state index in [0.29, 0.717) is 17.3 Å². The molecule has 2 fully saturated rings. The van der Waals surface area contributed by atoms with Crippen molar-refractivity contribution in [2.45, 2.75) is 40.0 Å². The highest BCUT2D eigenvalue weighted by molar-refractivity contribution is 5.89. The number of aromatic carboxylic acids is 1. The number of benzene rings is 1. The molecule has 0 amide bonds. The zero-order chi connectivity index (χ0) is 15.0. The predicted molar refractivity (Wildman–Crippen MR) is 77.6 cm³/mol. The maximum absolute atomic E-state index is 11.6. The van der Waals surface area contributed by atoms with Gasteiger partial charge >= 0.3 is 5.97 Å². The molecule has 1 aromatic rings. The molecule has 108 valence electrons. The molecule has 1 N–H and O–H groups in total. The van der Waals surface area contributed by atoms with Crippen molar-refractivity contribution in [1.82, 2.24) is 0 Å². The van der Waals surface area contributed by atoms with Gasteiger partial charge in [-0.05, 0) is 36.3 Å². The molecule has 2 aliphatic rings. The van der Waals surface area contributed by atoms with Gasteiger partial charge < -0.3 is 5.11 Å². The fraction of sp³-hybridized carbons (Fsp3) is 0.529. The van der Waals surface area contributed by atoms with E-state index in [1.54, 1.807) is 30.3 Å². The summed E-state index contributed by atoms with van der Waals surface area (Å²) in [5.74, 6) is 0.314. The Morgan fingerprint density at radius 2 is 1.80 bits per heavy atom. The van der Waals surface area contributed by atoms with Crippen LogP contribution in [0.2, 0.25) is 0 Å². The molecule has 20 heavy (non-hydrogen) atoms. The number of carboxylic acids is 1. The Hall–Kier alpha value is -1.64. The molecule has 0 spiro atoms. The van der Waals surface area contributed by atoms with Gasteiger partial charge in [0, 0.05) is 11.8 Å². The maximum atomic E-state index is 11.6. The molecule has 2 unspecified atom stereocenters. The molecule has 3 rings (SSSR count). The molecular formula is C17H22O3. The van der Waals surface area contributed by atoms with Crippen LogP contribution in [-0.2, 0) is 4.79 Å². The third-order valence-corrected chi connectivity index (χ3v) is 5.50. The Bertz CT molecular complexity index is 518. The van der Waals surface area contributed by atoms with Crippen LogP contribution in [-0.4, -0.2) is 16.9 Å². The molecular weight excluding hydrogens is 252 g/mol. The summed E-state index contributed by atoms with van der Waals surface area (Å²) in [5.41, 5.74) is 0.638. The molecule has 3 nitrogen and oxygen atoms in total. The number of Topliss-reactive ketones (excluding diaryl/α,β-unsaturated/α-hetero) is 1. The number of rotatable bonds is 1. The smallest absolute Gasteiger partial charge is 0.335 e. The molecule has 2 atom stereocenters. The van der Waals surface area contributed by atoms with Crippen LogP contribution in [0.25, 0.3) is 0 Å². The van der Waals surface area contributed by atoms with Gasteiger partial charge in [0.15, 0.2) is 0 Å². The van der Waals surface area contributed by atoms with Crippen LogP contribution in [0.3, 0.4) is 0 Å². The van der Waals surface area contributed by atoms with E-state index >= 15 is 0 Å². The lowest BCUT2D eigenvalue weighted by molar-refractivity contribution is -0.128. The number of carbonyl (C=O) groups is 2. The quantitative estimate of drug-likeness (QED) is 0.847. The van der Waals surface area contributed by atoms with Crippen LogP contribution in [0.4, 0.5) is 0 Å². The summed E-state index contributed by atoms with van der Waals surface area (Å²) in [6.45, 7) is 6.67. The largest absolute Gasteiger partial charge is 0.478 e. The molecule has 2 saturated carbocycles. The first-order chi connectivity index (χ1) is 9.29. The first kappa shape index (κ1) is 14.8. The number of carbonyl (C=O) groups excluding carboxylic acids is 1. The first-order valence-electron chi connectivity index (χ1n) is 7.10. The van der Waals surface area contributed by atoms with Crippen LogP contribution in [0.15, 0.2) is 30.3 Å². The third-order valence-electron chi connectivity index (χ3n) is 5.50. The molecule has 3 heteroatoms. The number of hydrogen-bond donors (Lipinski definition) is 1. The van der Waals surface area contributed by atoms with E-state index in [9.17, 15) is 9.59 Å². The fourth-order valence-corrected chi connectivity index (χ4v) is 3.48. The average Bonchev–Trinajstić information content (AvgIpc) is 2.73. The van der Waals surface area contributed by atoms with E-state index < -0.39 is 5.97 Å².